The van der Waals surface area contributed by atoms with Crippen LogP contribution >= 0.6 is 0 Å². The summed E-state index contributed by atoms with van der Waals surface area (Å²) < 4.78 is 11.3. The number of hydrogen-bond acceptors (Lipinski definition) is 10. The molecule has 0 spiro atoms. The summed E-state index contributed by atoms with van der Waals surface area (Å²) in [6.45, 7) is 10.6. The minimum atomic E-state index is -0.795. The Kier molecular flexibility index (Phi) is 11.7. The van der Waals surface area contributed by atoms with Crippen LogP contribution in [-0.4, -0.2) is 115 Å². The van der Waals surface area contributed by atoms with Crippen molar-refractivity contribution in [3.05, 3.63) is 77.4 Å². The number of amides is 2. The molecular weight excluding hydrogens is 664 g/mol. The summed E-state index contributed by atoms with van der Waals surface area (Å²) >= 11 is 0. The molecule has 13 nitrogen and oxygen atoms in total. The molecule has 1 fully saturated rings. The number of esters is 1. The smallest absolute Gasteiger partial charge is 0.408 e. The molecule has 2 heterocycles. The van der Waals surface area contributed by atoms with E-state index in [2.05, 4.69) is 35.2 Å². The first kappa shape index (κ1) is 38.0. The average Bonchev–Trinajstić information content (AvgIpc) is 3.40. The van der Waals surface area contributed by atoms with Crippen molar-refractivity contribution in [2.75, 3.05) is 65.4 Å². The molecule has 2 amide bonds. The number of fused-ring (bicyclic) bond motifs is 1. The average molecular weight is 713 g/mol. The fourth-order valence-electron chi connectivity index (χ4n) is 6.04. The number of nitrogens with zero attached hydrogens (tertiary/aromatic N) is 5. The van der Waals surface area contributed by atoms with Crippen LogP contribution in [0.15, 0.2) is 71.3 Å². The summed E-state index contributed by atoms with van der Waals surface area (Å²) in [4.78, 5) is 62.8. The maximum Gasteiger partial charge on any atom is 0.408 e. The predicted molar refractivity (Wildman–Crippen MR) is 201 cm³/mol. The summed E-state index contributed by atoms with van der Waals surface area (Å²) in [5.41, 5.74) is 2.27. The number of alkyl carbamates (subject to hydrolysis) is 1. The van der Waals surface area contributed by atoms with Gasteiger partial charge in [-0.2, -0.15) is 0 Å². The minimum absolute atomic E-state index is 0.0111. The standard InChI is InChI=1S/C39H48N6O7/c1-25-8-10-26(11-9-25)35(41-28-13-15-29(16-14-28)43(6)33(47)24-44-20-18-42(5)19-21-44)34-30-17-12-27(37(49)51-7)22-31(30)45(36(34)48)32(46)23-40-38(50)52-39(2,3)4/h8,10-17,22,25,48H,9,18-21,23-24H2,1-7H3,(H,40,50). The van der Waals surface area contributed by atoms with Gasteiger partial charge in [-0.1, -0.05) is 31.2 Å². The number of piperazine rings is 1. The van der Waals surface area contributed by atoms with Crippen molar-refractivity contribution < 1.29 is 33.8 Å². The molecule has 1 aromatic heterocycles. The van der Waals surface area contributed by atoms with Crippen LogP contribution in [0.25, 0.3) is 10.9 Å². The van der Waals surface area contributed by atoms with Gasteiger partial charge in [-0.25, -0.2) is 19.1 Å². The third-order valence-electron chi connectivity index (χ3n) is 9.03. The van der Waals surface area contributed by atoms with Crippen LogP contribution in [0.3, 0.4) is 0 Å². The number of allylic oxidation sites excluding steroid dienone is 4. The zero-order valence-corrected chi connectivity index (χ0v) is 30.9. The second-order valence-corrected chi connectivity index (χ2v) is 14.2. The number of anilines is 1. The Morgan fingerprint density at radius 3 is 2.35 bits per heavy atom. The van der Waals surface area contributed by atoms with E-state index in [9.17, 15) is 24.3 Å². The number of likely N-dealkylation sites (N-methyl/N-ethyl adjacent to an activating group) is 2. The van der Waals surface area contributed by atoms with Gasteiger partial charge in [0.15, 0.2) is 0 Å². The highest BCUT2D eigenvalue weighted by Crippen LogP contribution is 2.37. The number of hydrogen-bond donors (Lipinski definition) is 2. The molecule has 276 valence electrons. The Hall–Kier alpha value is -5.27. The van der Waals surface area contributed by atoms with E-state index < -0.39 is 36.0 Å². The van der Waals surface area contributed by atoms with Crippen LogP contribution in [0.4, 0.5) is 16.2 Å². The number of aliphatic imine (C=N–C) groups is 1. The second kappa shape index (κ2) is 16.0. The van der Waals surface area contributed by atoms with E-state index in [0.29, 0.717) is 34.9 Å². The van der Waals surface area contributed by atoms with Crippen molar-refractivity contribution in [3.63, 3.8) is 0 Å². The van der Waals surface area contributed by atoms with Crippen molar-refractivity contribution in [1.82, 2.24) is 19.7 Å². The van der Waals surface area contributed by atoms with Crippen LogP contribution in [0, 0.1) is 5.92 Å². The number of aromatic hydroxyl groups is 1. The van der Waals surface area contributed by atoms with Gasteiger partial charge in [0.25, 0.3) is 5.91 Å². The molecule has 5 rings (SSSR count). The van der Waals surface area contributed by atoms with Crippen LogP contribution in [0.2, 0.25) is 0 Å². The van der Waals surface area contributed by atoms with Crippen LogP contribution < -0.4 is 10.2 Å². The molecule has 52 heavy (non-hydrogen) atoms. The zero-order valence-electron chi connectivity index (χ0n) is 30.9. The van der Waals surface area contributed by atoms with E-state index in [4.69, 9.17) is 14.5 Å². The SMILES string of the molecule is COC(=O)c1ccc2c(C(=Nc3ccc(N(C)C(=O)CN4CCN(C)CC4)cc3)C3=CCC(C)C=C3)c(O)n(C(=O)CNC(=O)OC(C)(C)C)c2c1. The number of methoxy groups -OCH3 is 1. The summed E-state index contributed by atoms with van der Waals surface area (Å²) in [6, 6.07) is 11.9. The number of ether oxygens (including phenoxy) is 2. The van der Waals surface area contributed by atoms with Crippen molar-refractivity contribution in [2.45, 2.75) is 39.7 Å². The van der Waals surface area contributed by atoms with E-state index in [1.807, 2.05) is 24.3 Å². The molecule has 2 aliphatic rings. The number of carbonyl (C=O) groups excluding carboxylic acids is 4. The van der Waals surface area contributed by atoms with Gasteiger partial charge in [0.05, 0.1) is 41.7 Å². The molecule has 1 atom stereocenters. The molecule has 0 bridgehead atoms. The predicted octanol–water partition coefficient (Wildman–Crippen LogP) is 5.15. The molecule has 13 heteroatoms. The van der Waals surface area contributed by atoms with Gasteiger partial charge in [0.2, 0.25) is 11.8 Å². The van der Waals surface area contributed by atoms with Crippen molar-refractivity contribution >= 4 is 51.9 Å². The van der Waals surface area contributed by atoms with Crippen LogP contribution in [0.1, 0.15) is 54.8 Å². The van der Waals surface area contributed by atoms with Gasteiger partial charge in [-0.15, -0.1) is 0 Å². The third kappa shape index (κ3) is 8.96. The first-order valence-corrected chi connectivity index (χ1v) is 17.4. The van der Waals surface area contributed by atoms with E-state index in [-0.39, 0.29) is 22.6 Å². The maximum absolute atomic E-state index is 13.7. The molecular formula is C39H48N6O7. The summed E-state index contributed by atoms with van der Waals surface area (Å²) in [5, 5.41) is 14.8. The summed E-state index contributed by atoms with van der Waals surface area (Å²) in [5.74, 6) is -1.42. The molecule has 0 saturated carbocycles. The highest BCUT2D eigenvalue weighted by molar-refractivity contribution is 6.24. The number of aromatic nitrogens is 1. The Morgan fingerprint density at radius 2 is 1.73 bits per heavy atom. The molecule has 1 aliphatic heterocycles. The number of rotatable bonds is 9. The van der Waals surface area contributed by atoms with Gasteiger partial charge in [-0.3, -0.25) is 14.5 Å². The zero-order chi connectivity index (χ0) is 37.7. The van der Waals surface area contributed by atoms with E-state index >= 15 is 0 Å². The highest BCUT2D eigenvalue weighted by atomic mass is 16.6. The Bertz CT molecular complexity index is 1930. The van der Waals surface area contributed by atoms with Gasteiger partial charge in [-0.05, 0) is 82.1 Å². The Balaban J connectivity index is 1.54. The highest BCUT2D eigenvalue weighted by Gasteiger charge is 2.28. The fraction of sp³-hybridized carbons (Fsp3) is 0.410. The van der Waals surface area contributed by atoms with E-state index in [0.717, 1.165) is 42.7 Å². The first-order chi connectivity index (χ1) is 24.6. The lowest BCUT2D eigenvalue weighted by Gasteiger charge is -2.32. The van der Waals surface area contributed by atoms with Crippen molar-refractivity contribution in [3.8, 4) is 5.88 Å². The Morgan fingerprint density at radius 1 is 1.04 bits per heavy atom. The summed E-state index contributed by atoms with van der Waals surface area (Å²) in [7, 11) is 5.09. The maximum atomic E-state index is 13.7. The van der Waals surface area contributed by atoms with Gasteiger partial charge < -0.3 is 29.7 Å². The molecule has 2 N–H and O–H groups in total. The largest absolute Gasteiger partial charge is 0.494 e. The van der Waals surface area contributed by atoms with Gasteiger partial charge in [0, 0.05) is 44.3 Å². The van der Waals surface area contributed by atoms with Crippen molar-refractivity contribution in [1.29, 1.82) is 0 Å². The lowest BCUT2D eigenvalue weighted by Crippen LogP contribution is -2.48. The Labute approximate surface area is 304 Å². The lowest BCUT2D eigenvalue weighted by atomic mass is 9.92. The molecule has 1 aliphatic carbocycles. The van der Waals surface area contributed by atoms with Gasteiger partial charge >= 0.3 is 12.1 Å². The normalized spacial score (nSPS) is 17.1. The van der Waals surface area contributed by atoms with Crippen LogP contribution in [-0.2, 0) is 14.3 Å². The van der Waals surface area contributed by atoms with Gasteiger partial charge in [0.1, 0.15) is 12.1 Å². The third-order valence-corrected chi connectivity index (χ3v) is 9.03. The number of carbonyl (C=O) groups is 4. The van der Waals surface area contributed by atoms with Crippen LogP contribution in [0.5, 0.6) is 5.88 Å². The lowest BCUT2D eigenvalue weighted by molar-refractivity contribution is -0.119. The molecule has 2 aromatic carbocycles. The molecule has 3 aromatic rings. The number of benzene rings is 2. The monoisotopic (exact) mass is 712 g/mol. The van der Waals surface area contributed by atoms with E-state index in [1.165, 1.54) is 13.2 Å². The molecule has 1 saturated heterocycles. The minimum Gasteiger partial charge on any atom is -0.494 e. The molecule has 1 unspecified atom stereocenters. The second-order valence-electron chi connectivity index (χ2n) is 14.2. The molecule has 0 radical (unpaired) electrons. The fourth-order valence-corrected chi connectivity index (χ4v) is 6.04. The first-order valence-electron chi connectivity index (χ1n) is 17.4. The van der Waals surface area contributed by atoms with Crippen molar-refractivity contribution in [2.24, 2.45) is 10.9 Å². The topological polar surface area (TPSA) is 146 Å². The van der Waals surface area contributed by atoms with E-state index in [1.54, 1.807) is 57.0 Å². The number of nitrogens with one attached hydrogen (secondary N) is 1. The quantitative estimate of drug-likeness (QED) is 0.227. The summed E-state index contributed by atoms with van der Waals surface area (Å²) in [6.07, 6.45) is 5.95.